The number of fused-ring (bicyclic) bond motifs is 1. The fourth-order valence-corrected chi connectivity index (χ4v) is 2.17. The van der Waals surface area contributed by atoms with Gasteiger partial charge >= 0.3 is 6.18 Å². The van der Waals surface area contributed by atoms with Crippen molar-refractivity contribution in [3.63, 3.8) is 0 Å². The van der Waals surface area contributed by atoms with E-state index in [1.54, 1.807) is 38.1 Å². The third-order valence-corrected chi connectivity index (χ3v) is 3.03. The Balaban J connectivity index is 2.36. The predicted molar refractivity (Wildman–Crippen MR) is 71.1 cm³/mol. The molecule has 0 aliphatic heterocycles. The third-order valence-electron chi connectivity index (χ3n) is 3.03. The van der Waals surface area contributed by atoms with E-state index < -0.39 is 11.9 Å². The molecule has 0 N–H and O–H groups in total. The van der Waals surface area contributed by atoms with Gasteiger partial charge in [0.05, 0.1) is 16.7 Å². The highest BCUT2D eigenvalue weighted by molar-refractivity contribution is 5.75. The van der Waals surface area contributed by atoms with Crippen molar-refractivity contribution in [1.82, 2.24) is 19.7 Å². The average molecular weight is 292 g/mol. The van der Waals surface area contributed by atoms with E-state index in [2.05, 4.69) is 15.1 Å². The molecule has 0 atom stereocenters. The van der Waals surface area contributed by atoms with E-state index in [9.17, 15) is 13.2 Å². The maximum Gasteiger partial charge on any atom is 0.437 e. The maximum atomic E-state index is 13.3. The predicted octanol–water partition coefficient (Wildman–Crippen LogP) is 3.45. The normalized spacial score (nSPS) is 12.0. The summed E-state index contributed by atoms with van der Waals surface area (Å²) < 4.78 is 40.9. The lowest BCUT2D eigenvalue weighted by atomic mass is 10.2. The number of para-hydroxylation sites is 2. The molecule has 0 bridgehead atoms. The van der Waals surface area contributed by atoms with Crippen LogP contribution in [0, 0.1) is 13.8 Å². The summed E-state index contributed by atoms with van der Waals surface area (Å²) in [4.78, 5) is 7.83. The second kappa shape index (κ2) is 4.54. The van der Waals surface area contributed by atoms with Crippen molar-refractivity contribution in [2.45, 2.75) is 20.0 Å². The van der Waals surface area contributed by atoms with Crippen LogP contribution >= 0.6 is 0 Å². The van der Waals surface area contributed by atoms with Crippen molar-refractivity contribution in [2.24, 2.45) is 0 Å². The lowest BCUT2D eigenvalue weighted by molar-refractivity contribution is -0.141. The van der Waals surface area contributed by atoms with Crippen molar-refractivity contribution in [3.8, 4) is 5.82 Å². The summed E-state index contributed by atoms with van der Waals surface area (Å²) in [5.41, 5.74) is 0.758. The standard InChI is InChI=1S/C14H11F3N4/c1-8-7-9(2)21(20-8)13-12(14(15,16)17)18-10-5-3-4-6-11(10)19-13/h3-7H,1-2H3. The Kier molecular flexibility index (Phi) is 2.93. The van der Waals surface area contributed by atoms with Gasteiger partial charge in [-0.3, -0.25) is 0 Å². The molecule has 0 spiro atoms. The Labute approximate surface area is 118 Å². The number of aromatic nitrogens is 4. The van der Waals surface area contributed by atoms with Gasteiger partial charge in [-0.05, 0) is 32.0 Å². The van der Waals surface area contributed by atoms with E-state index >= 15 is 0 Å². The first-order valence-corrected chi connectivity index (χ1v) is 6.24. The van der Waals surface area contributed by atoms with Crippen molar-refractivity contribution < 1.29 is 13.2 Å². The molecule has 21 heavy (non-hydrogen) atoms. The molecule has 4 nitrogen and oxygen atoms in total. The lowest BCUT2D eigenvalue weighted by Gasteiger charge is -2.13. The molecule has 0 saturated heterocycles. The zero-order valence-corrected chi connectivity index (χ0v) is 11.3. The summed E-state index contributed by atoms with van der Waals surface area (Å²) in [6.45, 7) is 3.39. The molecule has 0 amide bonds. The zero-order chi connectivity index (χ0) is 15.2. The summed E-state index contributed by atoms with van der Waals surface area (Å²) in [7, 11) is 0. The van der Waals surface area contributed by atoms with Gasteiger partial charge in [0.25, 0.3) is 0 Å². The van der Waals surface area contributed by atoms with Gasteiger partial charge < -0.3 is 0 Å². The summed E-state index contributed by atoms with van der Waals surface area (Å²) in [6, 6.07) is 8.15. The fraction of sp³-hybridized carbons (Fsp3) is 0.214. The second-order valence-corrected chi connectivity index (χ2v) is 4.72. The number of nitrogens with zero attached hydrogens (tertiary/aromatic N) is 4. The van der Waals surface area contributed by atoms with Gasteiger partial charge in [-0.1, -0.05) is 12.1 Å². The SMILES string of the molecule is Cc1cc(C)n(-c2nc3ccccc3nc2C(F)(F)F)n1. The van der Waals surface area contributed by atoms with Crippen LogP contribution in [0.1, 0.15) is 17.1 Å². The fourth-order valence-electron chi connectivity index (χ4n) is 2.17. The minimum Gasteiger partial charge on any atom is -0.238 e. The Bertz CT molecular complexity index is 821. The summed E-state index contributed by atoms with van der Waals surface area (Å²) in [5, 5.41) is 4.08. The van der Waals surface area contributed by atoms with E-state index in [1.807, 2.05) is 0 Å². The van der Waals surface area contributed by atoms with E-state index in [0.29, 0.717) is 16.9 Å². The maximum absolute atomic E-state index is 13.3. The van der Waals surface area contributed by atoms with Crippen LogP contribution in [0.15, 0.2) is 30.3 Å². The van der Waals surface area contributed by atoms with Crippen molar-refractivity contribution in [1.29, 1.82) is 0 Å². The quantitative estimate of drug-likeness (QED) is 0.690. The van der Waals surface area contributed by atoms with Crippen molar-refractivity contribution >= 4 is 11.0 Å². The number of hydrogen-bond donors (Lipinski definition) is 0. The van der Waals surface area contributed by atoms with E-state index in [0.717, 1.165) is 0 Å². The molecule has 0 aliphatic rings. The molecule has 0 saturated carbocycles. The molecule has 0 fully saturated rings. The van der Waals surface area contributed by atoms with E-state index in [4.69, 9.17) is 0 Å². The highest BCUT2D eigenvalue weighted by atomic mass is 19.4. The van der Waals surface area contributed by atoms with Crippen LogP contribution in [0.5, 0.6) is 0 Å². The molecule has 2 heterocycles. The smallest absolute Gasteiger partial charge is 0.238 e. The summed E-state index contributed by atoms with van der Waals surface area (Å²) in [6.07, 6.45) is -4.60. The van der Waals surface area contributed by atoms with Crippen LogP contribution in [0.25, 0.3) is 16.9 Å². The molecule has 3 aromatic rings. The van der Waals surface area contributed by atoms with Crippen LogP contribution in [0.2, 0.25) is 0 Å². The molecule has 0 aliphatic carbocycles. The molecule has 1 aromatic carbocycles. The first-order valence-electron chi connectivity index (χ1n) is 6.24. The second-order valence-electron chi connectivity index (χ2n) is 4.72. The van der Waals surface area contributed by atoms with Gasteiger partial charge in [0, 0.05) is 5.69 Å². The van der Waals surface area contributed by atoms with E-state index in [-0.39, 0.29) is 11.3 Å². The minimum absolute atomic E-state index is 0.204. The monoisotopic (exact) mass is 292 g/mol. The van der Waals surface area contributed by atoms with Crippen molar-refractivity contribution in [2.75, 3.05) is 0 Å². The first-order chi connectivity index (χ1) is 9.86. The Morgan fingerprint density at radius 3 is 2.14 bits per heavy atom. The van der Waals surface area contributed by atoms with Gasteiger partial charge in [0.2, 0.25) is 0 Å². The molecular formula is C14H11F3N4. The molecule has 108 valence electrons. The van der Waals surface area contributed by atoms with Crippen molar-refractivity contribution in [3.05, 3.63) is 47.4 Å². The van der Waals surface area contributed by atoms with Gasteiger partial charge in [0.15, 0.2) is 11.5 Å². The van der Waals surface area contributed by atoms with Crippen LogP contribution < -0.4 is 0 Å². The Morgan fingerprint density at radius 2 is 1.62 bits per heavy atom. The van der Waals surface area contributed by atoms with Crippen LogP contribution in [-0.2, 0) is 6.18 Å². The highest BCUT2D eigenvalue weighted by Gasteiger charge is 2.38. The van der Waals surface area contributed by atoms with Gasteiger partial charge in [-0.2, -0.15) is 18.3 Å². The lowest BCUT2D eigenvalue weighted by Crippen LogP contribution is -2.16. The molecule has 2 aromatic heterocycles. The molecule has 0 unspecified atom stereocenters. The molecule has 7 heteroatoms. The Morgan fingerprint density at radius 1 is 1.00 bits per heavy atom. The average Bonchev–Trinajstić information content (AvgIpc) is 2.75. The Hall–Kier alpha value is -2.44. The zero-order valence-electron chi connectivity index (χ0n) is 11.3. The van der Waals surface area contributed by atoms with Crippen LogP contribution in [0.3, 0.4) is 0 Å². The number of hydrogen-bond acceptors (Lipinski definition) is 3. The minimum atomic E-state index is -4.60. The van der Waals surface area contributed by atoms with Gasteiger partial charge in [0.1, 0.15) is 0 Å². The number of halogens is 3. The number of benzene rings is 1. The summed E-state index contributed by atoms with van der Waals surface area (Å²) in [5.74, 6) is -0.299. The number of alkyl halides is 3. The van der Waals surface area contributed by atoms with Crippen LogP contribution in [-0.4, -0.2) is 19.7 Å². The highest BCUT2D eigenvalue weighted by Crippen LogP contribution is 2.33. The van der Waals surface area contributed by atoms with Gasteiger partial charge in [-0.25, -0.2) is 14.6 Å². The van der Waals surface area contributed by atoms with Gasteiger partial charge in [-0.15, -0.1) is 0 Å². The molecular weight excluding hydrogens is 281 g/mol. The summed E-state index contributed by atoms with van der Waals surface area (Å²) >= 11 is 0. The molecule has 3 rings (SSSR count). The van der Waals surface area contributed by atoms with E-state index in [1.165, 1.54) is 10.7 Å². The van der Waals surface area contributed by atoms with Crippen LogP contribution in [0.4, 0.5) is 13.2 Å². The molecule has 0 radical (unpaired) electrons. The first kappa shape index (κ1) is 13.5. The number of aryl methyl sites for hydroxylation is 2. The largest absolute Gasteiger partial charge is 0.437 e. The number of rotatable bonds is 1. The third kappa shape index (κ3) is 2.35. The topological polar surface area (TPSA) is 43.6 Å².